The Balaban J connectivity index is 1.87. The summed E-state index contributed by atoms with van der Waals surface area (Å²) >= 11 is 0. The fraction of sp³-hybridized carbons (Fsp3) is 0.0870. The Morgan fingerprint density at radius 1 is 1.00 bits per heavy atom. The van der Waals surface area contributed by atoms with Crippen LogP contribution < -0.4 is 0 Å². The summed E-state index contributed by atoms with van der Waals surface area (Å²) in [5.74, 6) is 0. The summed E-state index contributed by atoms with van der Waals surface area (Å²) < 4.78 is 2.22. The van der Waals surface area contributed by atoms with E-state index in [2.05, 4.69) is 66.2 Å². The van der Waals surface area contributed by atoms with Crippen molar-refractivity contribution in [1.82, 2.24) is 4.57 Å². The van der Waals surface area contributed by atoms with Crippen LogP contribution in [0.15, 0.2) is 72.9 Å². The predicted molar refractivity (Wildman–Crippen MR) is 105 cm³/mol. The molecule has 0 N–H and O–H groups in total. The lowest BCUT2D eigenvalue weighted by Gasteiger charge is -2.02. The van der Waals surface area contributed by atoms with E-state index in [0.29, 0.717) is 5.57 Å². The molecule has 0 aliphatic rings. The lowest BCUT2D eigenvalue weighted by molar-refractivity contribution is 0.797. The molecule has 4 rings (SSSR count). The van der Waals surface area contributed by atoms with Crippen LogP contribution in [0, 0.1) is 11.3 Å². The van der Waals surface area contributed by atoms with Gasteiger partial charge in [-0.3, -0.25) is 0 Å². The first-order valence-electron chi connectivity index (χ1n) is 8.49. The largest absolute Gasteiger partial charge is 0.347 e. The smallest absolute Gasteiger partial charge is 0.0998 e. The number of allylic oxidation sites excluding steroid dienone is 1. The SMILES string of the molecule is CCn1cc(/C=C(/C#N)c2ccc3ccccc3c2)c2ccccc21. The number of rotatable bonds is 3. The quantitative estimate of drug-likeness (QED) is 0.433. The molecule has 0 atom stereocenters. The summed E-state index contributed by atoms with van der Waals surface area (Å²) in [7, 11) is 0. The molecule has 4 aromatic rings. The molecule has 0 amide bonds. The van der Waals surface area contributed by atoms with Gasteiger partial charge in [-0.05, 0) is 41.5 Å². The van der Waals surface area contributed by atoms with Gasteiger partial charge < -0.3 is 4.57 Å². The molecule has 3 aromatic carbocycles. The van der Waals surface area contributed by atoms with Crippen molar-refractivity contribution in [2.75, 3.05) is 0 Å². The van der Waals surface area contributed by atoms with Gasteiger partial charge >= 0.3 is 0 Å². The molecule has 0 aliphatic carbocycles. The second-order valence-electron chi connectivity index (χ2n) is 6.12. The third-order valence-corrected chi connectivity index (χ3v) is 4.64. The van der Waals surface area contributed by atoms with Gasteiger partial charge in [-0.2, -0.15) is 5.26 Å². The minimum Gasteiger partial charge on any atom is -0.347 e. The average molecular weight is 322 g/mol. The minimum atomic E-state index is 0.685. The summed E-state index contributed by atoms with van der Waals surface area (Å²) in [6.07, 6.45) is 4.13. The van der Waals surface area contributed by atoms with Crippen molar-refractivity contribution in [2.45, 2.75) is 13.5 Å². The van der Waals surface area contributed by atoms with Crippen LogP contribution in [-0.2, 0) is 6.54 Å². The van der Waals surface area contributed by atoms with Crippen LogP contribution in [0.4, 0.5) is 0 Å². The van der Waals surface area contributed by atoms with Crippen molar-refractivity contribution in [2.24, 2.45) is 0 Å². The van der Waals surface area contributed by atoms with Crippen molar-refractivity contribution in [3.05, 3.63) is 84.1 Å². The highest BCUT2D eigenvalue weighted by molar-refractivity contribution is 5.99. The lowest BCUT2D eigenvalue weighted by atomic mass is 10.00. The number of fused-ring (bicyclic) bond motifs is 2. The zero-order valence-corrected chi connectivity index (χ0v) is 14.1. The lowest BCUT2D eigenvalue weighted by Crippen LogP contribution is -1.89. The van der Waals surface area contributed by atoms with Crippen LogP contribution in [0.2, 0.25) is 0 Å². The summed E-state index contributed by atoms with van der Waals surface area (Å²) in [6, 6.07) is 25.1. The Labute approximate surface area is 147 Å². The van der Waals surface area contributed by atoms with E-state index in [1.807, 2.05) is 30.3 Å². The Morgan fingerprint density at radius 2 is 1.76 bits per heavy atom. The molecular formula is C23H18N2. The summed E-state index contributed by atoms with van der Waals surface area (Å²) in [5.41, 5.74) is 3.92. The number of benzene rings is 3. The highest BCUT2D eigenvalue weighted by atomic mass is 14.9. The van der Waals surface area contributed by atoms with E-state index in [4.69, 9.17) is 0 Å². The molecule has 120 valence electrons. The summed E-state index contributed by atoms with van der Waals surface area (Å²) in [4.78, 5) is 0. The zero-order valence-electron chi connectivity index (χ0n) is 14.1. The normalized spacial score (nSPS) is 11.8. The second kappa shape index (κ2) is 6.30. The van der Waals surface area contributed by atoms with E-state index >= 15 is 0 Å². The molecule has 1 aromatic heterocycles. The summed E-state index contributed by atoms with van der Waals surface area (Å²) in [6.45, 7) is 3.04. The highest BCUT2D eigenvalue weighted by Gasteiger charge is 2.08. The number of hydrogen-bond donors (Lipinski definition) is 0. The molecule has 0 saturated carbocycles. The number of para-hydroxylation sites is 1. The van der Waals surface area contributed by atoms with Gasteiger partial charge in [-0.25, -0.2) is 0 Å². The average Bonchev–Trinajstić information content (AvgIpc) is 3.03. The van der Waals surface area contributed by atoms with Crippen molar-refractivity contribution in [3.63, 3.8) is 0 Å². The molecule has 2 nitrogen and oxygen atoms in total. The maximum Gasteiger partial charge on any atom is 0.0998 e. The van der Waals surface area contributed by atoms with Gasteiger partial charge in [0, 0.05) is 29.2 Å². The molecule has 0 fully saturated rings. The van der Waals surface area contributed by atoms with E-state index in [1.54, 1.807) is 0 Å². The topological polar surface area (TPSA) is 28.7 Å². The predicted octanol–water partition coefficient (Wildman–Crippen LogP) is 5.88. The zero-order chi connectivity index (χ0) is 17.2. The van der Waals surface area contributed by atoms with Gasteiger partial charge in [0.2, 0.25) is 0 Å². The summed E-state index contributed by atoms with van der Waals surface area (Å²) in [5, 5.41) is 13.2. The van der Waals surface area contributed by atoms with Gasteiger partial charge in [0.15, 0.2) is 0 Å². The molecule has 25 heavy (non-hydrogen) atoms. The molecular weight excluding hydrogens is 304 g/mol. The first kappa shape index (κ1) is 15.2. The monoisotopic (exact) mass is 322 g/mol. The Bertz CT molecular complexity index is 1140. The maximum absolute atomic E-state index is 9.72. The first-order valence-corrected chi connectivity index (χ1v) is 8.49. The molecule has 0 unspecified atom stereocenters. The van der Waals surface area contributed by atoms with E-state index in [-0.39, 0.29) is 0 Å². The number of nitriles is 1. The van der Waals surface area contributed by atoms with E-state index < -0.39 is 0 Å². The van der Waals surface area contributed by atoms with Crippen LogP contribution in [0.1, 0.15) is 18.1 Å². The Morgan fingerprint density at radius 3 is 2.56 bits per heavy atom. The molecule has 0 spiro atoms. The van der Waals surface area contributed by atoms with Crippen LogP contribution in [0.25, 0.3) is 33.3 Å². The number of aryl methyl sites for hydroxylation is 1. The Hall–Kier alpha value is -3.31. The van der Waals surface area contributed by atoms with Gasteiger partial charge in [-0.1, -0.05) is 54.6 Å². The third kappa shape index (κ3) is 2.70. The molecule has 0 aliphatic heterocycles. The number of aromatic nitrogens is 1. The number of hydrogen-bond acceptors (Lipinski definition) is 1. The highest BCUT2D eigenvalue weighted by Crippen LogP contribution is 2.27. The van der Waals surface area contributed by atoms with E-state index in [9.17, 15) is 5.26 Å². The van der Waals surface area contributed by atoms with Gasteiger partial charge in [0.05, 0.1) is 11.6 Å². The minimum absolute atomic E-state index is 0.685. The maximum atomic E-state index is 9.72. The molecule has 1 heterocycles. The first-order chi connectivity index (χ1) is 12.3. The van der Waals surface area contributed by atoms with Crippen molar-refractivity contribution in [1.29, 1.82) is 5.26 Å². The fourth-order valence-electron chi connectivity index (χ4n) is 3.34. The number of nitrogens with zero attached hydrogens (tertiary/aromatic N) is 2. The van der Waals surface area contributed by atoms with Crippen LogP contribution in [-0.4, -0.2) is 4.57 Å². The Kier molecular flexibility index (Phi) is 3.84. The molecule has 0 bridgehead atoms. The van der Waals surface area contributed by atoms with Crippen molar-refractivity contribution >= 4 is 33.3 Å². The van der Waals surface area contributed by atoms with Gasteiger partial charge in [0.25, 0.3) is 0 Å². The third-order valence-electron chi connectivity index (χ3n) is 4.64. The van der Waals surface area contributed by atoms with Crippen LogP contribution in [0.3, 0.4) is 0 Å². The molecule has 0 saturated heterocycles. The molecule has 0 radical (unpaired) electrons. The van der Waals surface area contributed by atoms with Gasteiger partial charge in [0.1, 0.15) is 0 Å². The van der Waals surface area contributed by atoms with E-state index in [1.165, 1.54) is 16.3 Å². The van der Waals surface area contributed by atoms with Crippen LogP contribution >= 0.6 is 0 Å². The second-order valence-corrected chi connectivity index (χ2v) is 6.12. The van der Waals surface area contributed by atoms with E-state index in [0.717, 1.165) is 23.1 Å². The molecule has 2 heteroatoms. The van der Waals surface area contributed by atoms with Crippen molar-refractivity contribution in [3.8, 4) is 6.07 Å². The van der Waals surface area contributed by atoms with Crippen LogP contribution in [0.5, 0.6) is 0 Å². The van der Waals surface area contributed by atoms with Gasteiger partial charge in [-0.15, -0.1) is 0 Å². The standard InChI is InChI=1S/C23H18N2/c1-2-25-16-21(22-9-5-6-10-23(22)25)14-20(15-24)19-12-11-17-7-3-4-8-18(17)13-19/h3-14,16H,2H2,1H3/b20-14-. The fourth-order valence-corrected chi connectivity index (χ4v) is 3.34. The van der Waals surface area contributed by atoms with Crippen molar-refractivity contribution < 1.29 is 0 Å².